The van der Waals surface area contributed by atoms with Gasteiger partial charge < -0.3 is 9.64 Å². The molecule has 1 aliphatic heterocycles. The molecule has 0 N–H and O–H groups in total. The van der Waals surface area contributed by atoms with Gasteiger partial charge in [0.2, 0.25) is 0 Å². The first-order valence-electron chi connectivity index (χ1n) is 12.1. The van der Waals surface area contributed by atoms with Gasteiger partial charge in [-0.2, -0.15) is 0 Å². The van der Waals surface area contributed by atoms with E-state index in [0.29, 0.717) is 6.04 Å². The second kappa shape index (κ2) is 9.79. The molecule has 182 valence electrons. The highest BCUT2D eigenvalue weighted by molar-refractivity contribution is 7.91. The molecular weight excluding hydrogens is 430 g/mol. The molecule has 0 saturated carbocycles. The molecule has 0 spiro atoms. The normalized spacial score (nSPS) is 21.9. The summed E-state index contributed by atoms with van der Waals surface area (Å²) in [5.74, 6) is 0.0910. The number of nitrogens with zero attached hydrogens (tertiary/aromatic N) is 1. The van der Waals surface area contributed by atoms with E-state index in [1.165, 1.54) is 27.9 Å². The fourth-order valence-electron chi connectivity index (χ4n) is 4.50. The van der Waals surface area contributed by atoms with Gasteiger partial charge in [-0.15, -0.1) is 0 Å². The van der Waals surface area contributed by atoms with Crippen LogP contribution in [0, 0.1) is 13.8 Å². The topological polar surface area (TPSA) is 46.6 Å². The van der Waals surface area contributed by atoms with E-state index in [4.69, 9.17) is 4.74 Å². The van der Waals surface area contributed by atoms with Gasteiger partial charge in [0.05, 0.1) is 28.7 Å². The molecule has 0 amide bonds. The van der Waals surface area contributed by atoms with Gasteiger partial charge in [-0.3, -0.25) is 0 Å². The predicted octanol–water partition coefficient (Wildman–Crippen LogP) is 5.80. The number of sulfone groups is 1. The van der Waals surface area contributed by atoms with Gasteiger partial charge in [-0.25, -0.2) is 8.42 Å². The van der Waals surface area contributed by atoms with Crippen LogP contribution in [0.3, 0.4) is 0 Å². The highest BCUT2D eigenvalue weighted by Crippen LogP contribution is 2.31. The minimum Gasteiger partial charge on any atom is -0.372 e. The van der Waals surface area contributed by atoms with Crippen molar-refractivity contribution < 1.29 is 13.2 Å². The molecule has 1 saturated heterocycles. The first kappa shape index (κ1) is 25.8. The number of morpholine rings is 1. The Bertz CT molecular complexity index is 1070. The molecule has 33 heavy (non-hydrogen) atoms. The summed E-state index contributed by atoms with van der Waals surface area (Å²) in [5, 5.41) is 0. The zero-order valence-corrected chi connectivity index (χ0v) is 22.4. The molecule has 1 fully saturated rings. The first-order chi connectivity index (χ1) is 15.3. The summed E-state index contributed by atoms with van der Waals surface area (Å²) < 4.78 is 30.2. The zero-order chi connectivity index (χ0) is 24.6. The minimum atomic E-state index is -3.17. The number of benzene rings is 2. The summed E-state index contributed by atoms with van der Waals surface area (Å²) >= 11 is 0. The van der Waals surface area contributed by atoms with Crippen molar-refractivity contribution >= 4 is 15.5 Å². The Morgan fingerprint density at radius 1 is 0.909 bits per heavy atom. The SMILES string of the molecule is Cc1c(CCc2ccc(CS(=O)(=O)C(C)(C)C)cc2)ccc(N2C[C@H](C)O[C@H](C)C2C)c1C. The van der Waals surface area contributed by atoms with E-state index in [-0.39, 0.29) is 18.0 Å². The van der Waals surface area contributed by atoms with Gasteiger partial charge in [0.1, 0.15) is 0 Å². The molecule has 1 heterocycles. The minimum absolute atomic E-state index is 0.0910. The average Bonchev–Trinajstić information content (AvgIpc) is 2.72. The quantitative estimate of drug-likeness (QED) is 0.534. The van der Waals surface area contributed by atoms with E-state index >= 15 is 0 Å². The van der Waals surface area contributed by atoms with Crippen LogP contribution in [-0.2, 0) is 33.2 Å². The third-order valence-corrected chi connectivity index (χ3v) is 9.83. The maximum atomic E-state index is 12.5. The van der Waals surface area contributed by atoms with Crippen LogP contribution in [0.25, 0.3) is 0 Å². The summed E-state index contributed by atoms with van der Waals surface area (Å²) in [6, 6.07) is 13.0. The summed E-state index contributed by atoms with van der Waals surface area (Å²) in [4.78, 5) is 2.50. The smallest absolute Gasteiger partial charge is 0.159 e. The highest BCUT2D eigenvalue weighted by atomic mass is 32.2. The van der Waals surface area contributed by atoms with E-state index in [0.717, 1.165) is 24.9 Å². The van der Waals surface area contributed by atoms with Crippen molar-refractivity contribution in [1.82, 2.24) is 0 Å². The maximum absolute atomic E-state index is 12.5. The number of hydrogen-bond acceptors (Lipinski definition) is 4. The fourth-order valence-corrected chi connectivity index (χ4v) is 5.56. The van der Waals surface area contributed by atoms with Gasteiger partial charge in [-0.05, 0) is 102 Å². The van der Waals surface area contributed by atoms with Crippen molar-refractivity contribution in [3.05, 3.63) is 64.2 Å². The molecule has 0 bridgehead atoms. The molecule has 3 rings (SSSR count). The summed E-state index contributed by atoms with van der Waals surface area (Å²) in [5.41, 5.74) is 7.49. The van der Waals surface area contributed by atoms with Crippen LogP contribution < -0.4 is 4.90 Å². The van der Waals surface area contributed by atoms with E-state index < -0.39 is 14.6 Å². The van der Waals surface area contributed by atoms with Crippen LogP contribution in [-0.4, -0.2) is 38.0 Å². The van der Waals surface area contributed by atoms with E-state index in [1.54, 1.807) is 20.8 Å². The second-order valence-electron chi connectivity index (χ2n) is 10.7. The molecule has 3 atom stereocenters. The molecule has 5 heteroatoms. The Labute approximate surface area is 201 Å². The Hall–Kier alpha value is -1.85. The monoisotopic (exact) mass is 471 g/mol. The maximum Gasteiger partial charge on any atom is 0.159 e. The molecule has 4 nitrogen and oxygen atoms in total. The van der Waals surface area contributed by atoms with E-state index in [2.05, 4.69) is 63.8 Å². The fraction of sp³-hybridized carbons (Fsp3) is 0.571. The van der Waals surface area contributed by atoms with Gasteiger partial charge in [0.15, 0.2) is 9.84 Å². The lowest BCUT2D eigenvalue weighted by atomic mass is 9.94. The summed E-state index contributed by atoms with van der Waals surface area (Å²) in [6.07, 6.45) is 2.36. The lowest BCUT2D eigenvalue weighted by molar-refractivity contribution is -0.0258. The van der Waals surface area contributed by atoms with Gasteiger partial charge >= 0.3 is 0 Å². The first-order valence-corrected chi connectivity index (χ1v) is 13.8. The number of ether oxygens (including phenoxy) is 1. The highest BCUT2D eigenvalue weighted by Gasteiger charge is 2.31. The van der Waals surface area contributed by atoms with Crippen LogP contribution in [0.4, 0.5) is 5.69 Å². The third kappa shape index (κ3) is 5.81. The predicted molar refractivity (Wildman–Crippen MR) is 139 cm³/mol. The molecule has 2 aromatic carbocycles. The van der Waals surface area contributed by atoms with Crippen LogP contribution in [0.2, 0.25) is 0 Å². The zero-order valence-electron chi connectivity index (χ0n) is 21.6. The second-order valence-corrected chi connectivity index (χ2v) is 13.5. The van der Waals surface area contributed by atoms with Crippen molar-refractivity contribution in [3.63, 3.8) is 0 Å². The Morgan fingerprint density at radius 3 is 2.12 bits per heavy atom. The van der Waals surface area contributed by atoms with Gasteiger partial charge in [0, 0.05) is 12.2 Å². The molecule has 0 radical (unpaired) electrons. The van der Waals surface area contributed by atoms with E-state index in [1.807, 2.05) is 12.1 Å². The average molecular weight is 472 g/mol. The molecule has 0 aliphatic carbocycles. The number of hydrogen-bond donors (Lipinski definition) is 0. The molecule has 2 aromatic rings. The van der Waals surface area contributed by atoms with Crippen LogP contribution in [0.1, 0.15) is 69.4 Å². The summed E-state index contributed by atoms with van der Waals surface area (Å²) in [7, 11) is -3.17. The molecule has 1 aliphatic rings. The lowest BCUT2D eigenvalue weighted by Crippen LogP contribution is -2.52. The Balaban J connectivity index is 1.69. The standard InChI is InChI=1S/C28H41NO3S/c1-19-17-29(22(4)23(5)32-19)27-16-15-26(20(2)21(27)3)14-13-24-9-11-25(12-10-24)18-33(30,31)28(6,7)8/h9-12,15-16,19,22-23H,13-14,17-18H2,1-8H3/t19-,22?,23+/m0/s1. The van der Waals surface area contributed by atoms with E-state index in [9.17, 15) is 8.42 Å². The Kier molecular flexibility index (Phi) is 7.65. The molecule has 1 unspecified atom stereocenters. The van der Waals surface area contributed by atoms with Crippen LogP contribution in [0.15, 0.2) is 36.4 Å². The Morgan fingerprint density at radius 2 is 1.52 bits per heavy atom. The van der Waals surface area contributed by atoms with Crippen LogP contribution >= 0.6 is 0 Å². The number of rotatable bonds is 6. The molecule has 0 aromatic heterocycles. The van der Waals surface area contributed by atoms with Gasteiger partial charge in [-0.1, -0.05) is 30.3 Å². The lowest BCUT2D eigenvalue weighted by Gasteiger charge is -2.43. The molecular formula is C28H41NO3S. The number of anilines is 1. The van der Waals surface area contributed by atoms with Crippen LogP contribution in [0.5, 0.6) is 0 Å². The van der Waals surface area contributed by atoms with Crippen molar-refractivity contribution in [2.24, 2.45) is 0 Å². The van der Waals surface area contributed by atoms with Crippen molar-refractivity contribution in [1.29, 1.82) is 0 Å². The largest absolute Gasteiger partial charge is 0.372 e. The van der Waals surface area contributed by atoms with Crippen molar-refractivity contribution in [2.75, 3.05) is 11.4 Å². The van der Waals surface area contributed by atoms with Crippen molar-refractivity contribution in [3.8, 4) is 0 Å². The van der Waals surface area contributed by atoms with Gasteiger partial charge in [0.25, 0.3) is 0 Å². The van der Waals surface area contributed by atoms with Crippen molar-refractivity contribution in [2.45, 2.75) is 97.0 Å². The summed E-state index contributed by atoms with van der Waals surface area (Å²) in [6.45, 7) is 17.2. The number of aryl methyl sites for hydroxylation is 2. The third-order valence-electron chi connectivity index (χ3n) is 7.25.